The van der Waals surface area contributed by atoms with Gasteiger partial charge in [-0.1, -0.05) is 18.8 Å². The molecule has 166 valence electrons. The fourth-order valence-corrected chi connectivity index (χ4v) is 3.25. The largest absolute Gasteiger partial charge is 0.369 e. The summed E-state index contributed by atoms with van der Waals surface area (Å²) in [6, 6.07) is 9.17. The van der Waals surface area contributed by atoms with E-state index in [1.807, 2.05) is 12.1 Å². The third kappa shape index (κ3) is 6.97. The molecular formula is C24H29N7O. The van der Waals surface area contributed by atoms with Crippen molar-refractivity contribution in [2.75, 3.05) is 30.3 Å². The van der Waals surface area contributed by atoms with E-state index in [0.29, 0.717) is 30.3 Å². The summed E-state index contributed by atoms with van der Waals surface area (Å²) < 4.78 is 0. The van der Waals surface area contributed by atoms with Crippen LogP contribution in [0.3, 0.4) is 0 Å². The number of benzene rings is 1. The van der Waals surface area contributed by atoms with Crippen LogP contribution in [0.15, 0.2) is 30.5 Å². The molecule has 0 radical (unpaired) electrons. The van der Waals surface area contributed by atoms with Crippen LogP contribution < -0.4 is 21.3 Å². The molecule has 1 fully saturated rings. The lowest BCUT2D eigenvalue weighted by atomic mass is 10.2. The van der Waals surface area contributed by atoms with Gasteiger partial charge in [0, 0.05) is 25.2 Å². The monoisotopic (exact) mass is 431 g/mol. The topological polar surface area (TPSA) is 115 Å². The molecule has 1 atom stereocenters. The van der Waals surface area contributed by atoms with Crippen LogP contribution in [0.5, 0.6) is 0 Å². The zero-order valence-electron chi connectivity index (χ0n) is 18.4. The summed E-state index contributed by atoms with van der Waals surface area (Å²) in [6.45, 7) is 4.41. The zero-order valence-corrected chi connectivity index (χ0v) is 18.4. The quantitative estimate of drug-likeness (QED) is 0.356. The first-order valence-corrected chi connectivity index (χ1v) is 11.1. The van der Waals surface area contributed by atoms with Gasteiger partial charge in [-0.15, -0.1) is 0 Å². The van der Waals surface area contributed by atoms with E-state index in [1.165, 1.54) is 0 Å². The molecule has 1 aliphatic heterocycles. The first-order chi connectivity index (χ1) is 15.7. The number of hydrogen-bond donors (Lipinski definition) is 4. The molecule has 1 aliphatic rings. The summed E-state index contributed by atoms with van der Waals surface area (Å²) in [7, 11) is 0. The maximum Gasteiger partial charge on any atom is 0.237 e. The van der Waals surface area contributed by atoms with Gasteiger partial charge in [-0.05, 0) is 56.5 Å². The van der Waals surface area contributed by atoms with Gasteiger partial charge in [0.2, 0.25) is 11.9 Å². The molecule has 2 heterocycles. The number of carbonyl (C=O) groups is 1. The number of hydrogen-bond acceptors (Lipinski definition) is 7. The summed E-state index contributed by atoms with van der Waals surface area (Å²) in [5.41, 5.74) is 2.14. The summed E-state index contributed by atoms with van der Waals surface area (Å²) in [5, 5.41) is 21.5. The van der Waals surface area contributed by atoms with Gasteiger partial charge in [0.25, 0.3) is 0 Å². The van der Waals surface area contributed by atoms with E-state index >= 15 is 0 Å². The highest BCUT2D eigenvalue weighted by Gasteiger charge is 2.20. The highest BCUT2D eigenvalue weighted by atomic mass is 16.2. The van der Waals surface area contributed by atoms with E-state index in [4.69, 9.17) is 5.26 Å². The summed E-state index contributed by atoms with van der Waals surface area (Å²) in [4.78, 5) is 20.9. The summed E-state index contributed by atoms with van der Waals surface area (Å²) >= 11 is 0. The Bertz CT molecular complexity index is 996. The number of carbonyl (C=O) groups excluding carboxylic acids is 1. The van der Waals surface area contributed by atoms with Crippen LogP contribution in [0.2, 0.25) is 0 Å². The van der Waals surface area contributed by atoms with Crippen molar-refractivity contribution >= 4 is 23.4 Å². The predicted molar refractivity (Wildman–Crippen MR) is 125 cm³/mol. The molecule has 32 heavy (non-hydrogen) atoms. The van der Waals surface area contributed by atoms with Gasteiger partial charge in [-0.25, -0.2) is 4.98 Å². The van der Waals surface area contributed by atoms with Gasteiger partial charge in [0.05, 0.1) is 29.4 Å². The zero-order chi connectivity index (χ0) is 22.6. The van der Waals surface area contributed by atoms with Crippen LogP contribution >= 0.6 is 0 Å². The molecule has 8 nitrogen and oxygen atoms in total. The van der Waals surface area contributed by atoms with E-state index in [-0.39, 0.29) is 11.9 Å². The molecule has 1 aromatic carbocycles. The van der Waals surface area contributed by atoms with E-state index in [0.717, 1.165) is 50.0 Å². The number of nitrogens with zero attached hydrogens (tertiary/aromatic N) is 3. The second-order valence-electron chi connectivity index (χ2n) is 7.54. The number of rotatable bonds is 9. The fourth-order valence-electron chi connectivity index (χ4n) is 3.25. The molecule has 0 unspecified atom stereocenters. The molecule has 0 saturated carbocycles. The van der Waals surface area contributed by atoms with Crippen molar-refractivity contribution in [1.29, 1.82) is 5.26 Å². The van der Waals surface area contributed by atoms with Crippen molar-refractivity contribution in [3.63, 3.8) is 0 Å². The molecule has 1 aromatic heterocycles. The smallest absolute Gasteiger partial charge is 0.237 e. The number of amides is 1. The lowest BCUT2D eigenvalue weighted by Crippen LogP contribution is -2.40. The van der Waals surface area contributed by atoms with Crippen LogP contribution in [0.25, 0.3) is 0 Å². The third-order valence-electron chi connectivity index (χ3n) is 4.98. The lowest BCUT2D eigenvalue weighted by Gasteiger charge is -2.10. The van der Waals surface area contributed by atoms with Crippen molar-refractivity contribution < 1.29 is 4.79 Å². The SMILES string of the molecule is CCCNc1nc(Nc2ccc(C#N)cc2)ncc1C#CCCCNC(=O)[C@@H]1CCCN1. The minimum Gasteiger partial charge on any atom is -0.369 e. The molecule has 2 aromatic rings. The second-order valence-corrected chi connectivity index (χ2v) is 7.54. The Labute approximate surface area is 189 Å². The maximum atomic E-state index is 12.0. The molecule has 4 N–H and O–H groups in total. The molecule has 8 heteroatoms. The molecule has 1 amide bonds. The Morgan fingerprint density at radius 1 is 1.28 bits per heavy atom. The van der Waals surface area contributed by atoms with Crippen molar-refractivity contribution in [2.45, 2.75) is 45.1 Å². The first kappa shape index (κ1) is 23.1. The highest BCUT2D eigenvalue weighted by Crippen LogP contribution is 2.18. The standard InChI is InChI=1S/C24H29N7O/c1-2-13-27-22-19(7-4-3-5-14-28-23(32)21-8-6-15-26-21)17-29-24(31-22)30-20-11-9-18(16-25)10-12-20/h9-12,17,21,26H,2-3,5-6,8,13-15H2,1H3,(H,28,32)(H2,27,29,30,31)/t21-/m0/s1. The average Bonchev–Trinajstić information content (AvgIpc) is 3.36. The maximum absolute atomic E-state index is 12.0. The molecule has 3 rings (SSSR count). The normalized spacial score (nSPS) is 14.7. The van der Waals surface area contributed by atoms with Gasteiger partial charge in [0.15, 0.2) is 0 Å². The minimum absolute atomic E-state index is 0.0400. The van der Waals surface area contributed by atoms with Gasteiger partial charge >= 0.3 is 0 Å². The average molecular weight is 432 g/mol. The van der Waals surface area contributed by atoms with E-state index in [1.54, 1.807) is 18.3 Å². The van der Waals surface area contributed by atoms with Crippen molar-refractivity contribution in [2.24, 2.45) is 0 Å². The Kier molecular flexibility index (Phi) is 8.85. The van der Waals surface area contributed by atoms with E-state index < -0.39 is 0 Å². The molecule has 1 saturated heterocycles. The fraction of sp³-hybridized carbons (Fsp3) is 0.417. The van der Waals surface area contributed by atoms with Gasteiger partial charge < -0.3 is 21.3 Å². The van der Waals surface area contributed by atoms with Crippen molar-refractivity contribution in [3.05, 3.63) is 41.6 Å². The van der Waals surface area contributed by atoms with Gasteiger partial charge in [-0.3, -0.25) is 4.79 Å². The van der Waals surface area contributed by atoms with Gasteiger partial charge in [0.1, 0.15) is 5.82 Å². The van der Waals surface area contributed by atoms with Crippen molar-refractivity contribution in [3.8, 4) is 17.9 Å². The van der Waals surface area contributed by atoms with Crippen LogP contribution in [0.4, 0.5) is 17.5 Å². The summed E-state index contributed by atoms with van der Waals surface area (Å²) in [6.07, 6.45) is 6.11. The van der Waals surface area contributed by atoms with Crippen LogP contribution in [0, 0.1) is 23.2 Å². The predicted octanol–water partition coefficient (Wildman–Crippen LogP) is 2.91. The molecule has 0 spiro atoms. The molecular weight excluding hydrogens is 402 g/mol. The minimum atomic E-state index is -0.0400. The Morgan fingerprint density at radius 2 is 2.12 bits per heavy atom. The number of aromatic nitrogens is 2. The first-order valence-electron chi connectivity index (χ1n) is 11.1. The third-order valence-corrected chi connectivity index (χ3v) is 4.98. The summed E-state index contributed by atoms with van der Waals surface area (Å²) in [5.74, 6) is 7.53. The van der Waals surface area contributed by atoms with Crippen LogP contribution in [-0.4, -0.2) is 41.6 Å². The number of unbranched alkanes of at least 4 members (excludes halogenated alkanes) is 1. The Morgan fingerprint density at radius 3 is 2.84 bits per heavy atom. The molecule has 0 bridgehead atoms. The second kappa shape index (κ2) is 12.3. The number of nitrogens with one attached hydrogen (secondary N) is 4. The Balaban J connectivity index is 1.55. The van der Waals surface area contributed by atoms with Crippen molar-refractivity contribution in [1.82, 2.24) is 20.6 Å². The van der Waals surface area contributed by atoms with Crippen LogP contribution in [0.1, 0.15) is 50.2 Å². The number of nitriles is 1. The number of anilines is 3. The van der Waals surface area contributed by atoms with E-state index in [9.17, 15) is 4.79 Å². The molecule has 0 aliphatic carbocycles. The van der Waals surface area contributed by atoms with Crippen LogP contribution in [-0.2, 0) is 4.79 Å². The lowest BCUT2D eigenvalue weighted by molar-refractivity contribution is -0.122. The van der Waals surface area contributed by atoms with Gasteiger partial charge in [-0.2, -0.15) is 10.2 Å². The Hall–Kier alpha value is -3.62. The van der Waals surface area contributed by atoms with E-state index in [2.05, 4.69) is 56.1 Å². The highest BCUT2D eigenvalue weighted by molar-refractivity contribution is 5.81.